The Hall–Kier alpha value is -1.97. The lowest BCUT2D eigenvalue weighted by Crippen LogP contribution is -2.53. The van der Waals surface area contributed by atoms with E-state index in [0.29, 0.717) is 18.6 Å². The molecule has 2 saturated heterocycles. The Labute approximate surface area is 143 Å². The summed E-state index contributed by atoms with van der Waals surface area (Å²) in [4.78, 5) is 15.3. The van der Waals surface area contributed by atoms with Crippen LogP contribution in [-0.4, -0.2) is 36.0 Å². The molecule has 2 aliphatic heterocycles. The second-order valence-electron chi connectivity index (χ2n) is 6.87. The van der Waals surface area contributed by atoms with E-state index in [-0.39, 0.29) is 5.78 Å². The van der Waals surface area contributed by atoms with Gasteiger partial charge in [0.1, 0.15) is 0 Å². The van der Waals surface area contributed by atoms with Crippen molar-refractivity contribution in [2.24, 2.45) is 0 Å². The molecule has 2 aromatic rings. The van der Waals surface area contributed by atoms with E-state index in [1.54, 1.807) is 0 Å². The van der Waals surface area contributed by atoms with Gasteiger partial charge in [-0.15, -0.1) is 0 Å². The van der Waals surface area contributed by atoms with Crippen molar-refractivity contribution in [1.82, 2.24) is 10.2 Å². The largest absolute Gasteiger partial charge is 0.302 e. The third-order valence-corrected chi connectivity index (χ3v) is 5.33. The topological polar surface area (TPSA) is 32.3 Å². The zero-order valence-electron chi connectivity index (χ0n) is 13.9. The molecule has 0 aromatic heterocycles. The van der Waals surface area contributed by atoms with Crippen LogP contribution in [0.3, 0.4) is 0 Å². The van der Waals surface area contributed by atoms with E-state index in [0.717, 1.165) is 36.2 Å². The van der Waals surface area contributed by atoms with E-state index < -0.39 is 0 Å². The summed E-state index contributed by atoms with van der Waals surface area (Å²) < 4.78 is 0. The Morgan fingerprint density at radius 2 is 1.88 bits per heavy atom. The number of carbonyl (C=O) groups is 1. The van der Waals surface area contributed by atoms with E-state index in [4.69, 9.17) is 0 Å². The lowest BCUT2D eigenvalue weighted by Gasteiger charge is -2.38. The summed E-state index contributed by atoms with van der Waals surface area (Å²) in [5.74, 6) is 0.269. The molecular weight excluding hydrogens is 296 g/mol. The second kappa shape index (κ2) is 6.88. The number of Topliss-reactive ketones (excluding diaryl/α,β-unsaturated/α-hetero) is 1. The first-order chi connectivity index (χ1) is 11.8. The lowest BCUT2D eigenvalue weighted by atomic mass is 9.96. The summed E-state index contributed by atoms with van der Waals surface area (Å²) in [6, 6.07) is 18.7. The van der Waals surface area contributed by atoms with Crippen molar-refractivity contribution < 1.29 is 4.79 Å². The summed E-state index contributed by atoms with van der Waals surface area (Å²) in [7, 11) is 0. The molecule has 4 rings (SSSR count). The van der Waals surface area contributed by atoms with Crippen LogP contribution in [0.5, 0.6) is 0 Å². The van der Waals surface area contributed by atoms with Crippen LogP contribution in [0, 0.1) is 0 Å². The van der Waals surface area contributed by atoms with E-state index >= 15 is 0 Å². The number of benzene rings is 2. The highest BCUT2D eigenvalue weighted by Crippen LogP contribution is 2.27. The third-order valence-electron chi connectivity index (χ3n) is 5.33. The maximum Gasteiger partial charge on any atom is 0.164 e. The first-order valence-electron chi connectivity index (χ1n) is 8.99. The standard InChI is InChI=1S/C21H24N2O/c24-20(15-19-11-12-22-21-10-5-13-23(19)21)18-9-4-8-17(14-18)16-6-2-1-3-7-16/h1-4,6-9,14,19,21-22H,5,10-13,15H2. The van der Waals surface area contributed by atoms with Crippen LogP contribution in [0.4, 0.5) is 0 Å². The van der Waals surface area contributed by atoms with Crippen LogP contribution in [0.25, 0.3) is 11.1 Å². The molecule has 2 atom stereocenters. The van der Waals surface area contributed by atoms with Crippen LogP contribution < -0.4 is 5.32 Å². The summed E-state index contributed by atoms with van der Waals surface area (Å²) in [6.45, 7) is 2.16. The summed E-state index contributed by atoms with van der Waals surface area (Å²) in [5.41, 5.74) is 3.12. The fourth-order valence-corrected chi connectivity index (χ4v) is 4.08. The monoisotopic (exact) mass is 320 g/mol. The minimum absolute atomic E-state index is 0.269. The average molecular weight is 320 g/mol. The van der Waals surface area contributed by atoms with Gasteiger partial charge < -0.3 is 5.32 Å². The van der Waals surface area contributed by atoms with Gasteiger partial charge in [0.15, 0.2) is 5.78 Å². The molecule has 2 aromatic carbocycles. The number of fused-ring (bicyclic) bond motifs is 1. The van der Waals surface area contributed by atoms with Gasteiger partial charge in [-0.1, -0.05) is 48.5 Å². The molecule has 1 N–H and O–H groups in total. The second-order valence-corrected chi connectivity index (χ2v) is 6.87. The Morgan fingerprint density at radius 3 is 2.75 bits per heavy atom. The van der Waals surface area contributed by atoms with Crippen molar-refractivity contribution in [1.29, 1.82) is 0 Å². The van der Waals surface area contributed by atoms with Crippen LogP contribution >= 0.6 is 0 Å². The average Bonchev–Trinajstić information content (AvgIpc) is 3.12. The Morgan fingerprint density at radius 1 is 1.04 bits per heavy atom. The molecule has 3 heteroatoms. The number of hydrogen-bond acceptors (Lipinski definition) is 3. The smallest absolute Gasteiger partial charge is 0.164 e. The summed E-state index contributed by atoms with van der Waals surface area (Å²) in [6.07, 6.45) is 4.66. The van der Waals surface area contributed by atoms with Crippen molar-refractivity contribution in [3.05, 3.63) is 60.2 Å². The van der Waals surface area contributed by atoms with Crippen LogP contribution in [0.15, 0.2) is 54.6 Å². The molecule has 0 amide bonds. The lowest BCUT2D eigenvalue weighted by molar-refractivity contribution is 0.0789. The molecule has 2 fully saturated rings. The van der Waals surface area contributed by atoms with Crippen molar-refractivity contribution >= 4 is 5.78 Å². The number of hydrogen-bond donors (Lipinski definition) is 1. The molecule has 0 saturated carbocycles. The normalized spacial score (nSPS) is 23.8. The summed E-state index contributed by atoms with van der Waals surface area (Å²) >= 11 is 0. The van der Waals surface area contributed by atoms with Gasteiger partial charge in [-0.05, 0) is 43.0 Å². The van der Waals surface area contributed by atoms with Gasteiger partial charge in [-0.2, -0.15) is 0 Å². The number of rotatable bonds is 4. The highest BCUT2D eigenvalue weighted by molar-refractivity contribution is 5.97. The zero-order valence-corrected chi connectivity index (χ0v) is 13.9. The van der Waals surface area contributed by atoms with Crippen LogP contribution in [-0.2, 0) is 0 Å². The minimum atomic E-state index is 0.269. The highest BCUT2D eigenvalue weighted by atomic mass is 16.1. The SMILES string of the molecule is O=C(CC1CCNC2CCCN12)c1cccc(-c2ccccc2)c1. The van der Waals surface area contributed by atoms with Gasteiger partial charge >= 0.3 is 0 Å². The quantitative estimate of drug-likeness (QED) is 0.872. The number of carbonyl (C=O) groups excluding carboxylic acids is 1. The molecule has 24 heavy (non-hydrogen) atoms. The molecule has 2 aliphatic rings. The molecule has 0 spiro atoms. The molecule has 0 aliphatic carbocycles. The van der Waals surface area contributed by atoms with Crippen LogP contribution in [0.2, 0.25) is 0 Å². The molecule has 124 valence electrons. The fraction of sp³-hybridized carbons (Fsp3) is 0.381. The first-order valence-corrected chi connectivity index (χ1v) is 8.99. The zero-order chi connectivity index (χ0) is 16.4. The fourth-order valence-electron chi connectivity index (χ4n) is 4.08. The molecule has 2 unspecified atom stereocenters. The predicted molar refractivity (Wildman–Crippen MR) is 97.0 cm³/mol. The molecule has 0 radical (unpaired) electrons. The molecular formula is C21H24N2O. The van der Waals surface area contributed by atoms with E-state index in [1.807, 2.05) is 36.4 Å². The van der Waals surface area contributed by atoms with Gasteiger partial charge in [-0.3, -0.25) is 9.69 Å². The maximum absolute atomic E-state index is 12.8. The summed E-state index contributed by atoms with van der Waals surface area (Å²) in [5, 5.41) is 3.57. The first kappa shape index (κ1) is 15.6. The molecule has 0 bridgehead atoms. The van der Waals surface area contributed by atoms with Crippen LogP contribution in [0.1, 0.15) is 36.0 Å². The minimum Gasteiger partial charge on any atom is -0.302 e. The maximum atomic E-state index is 12.8. The van der Waals surface area contributed by atoms with E-state index in [9.17, 15) is 4.79 Å². The van der Waals surface area contributed by atoms with Gasteiger partial charge in [-0.25, -0.2) is 0 Å². The predicted octanol–water partition coefficient (Wildman–Crippen LogP) is 3.71. The van der Waals surface area contributed by atoms with Crippen molar-refractivity contribution in [3.63, 3.8) is 0 Å². The van der Waals surface area contributed by atoms with Gasteiger partial charge in [0, 0.05) is 24.6 Å². The third kappa shape index (κ3) is 3.14. The number of ketones is 1. The Balaban J connectivity index is 1.50. The number of nitrogens with zero attached hydrogens (tertiary/aromatic N) is 1. The number of nitrogens with one attached hydrogen (secondary N) is 1. The highest BCUT2D eigenvalue weighted by Gasteiger charge is 2.34. The molecule has 3 nitrogen and oxygen atoms in total. The Kier molecular flexibility index (Phi) is 4.46. The van der Waals surface area contributed by atoms with Gasteiger partial charge in [0.25, 0.3) is 0 Å². The van der Waals surface area contributed by atoms with Gasteiger partial charge in [0.2, 0.25) is 0 Å². The van der Waals surface area contributed by atoms with Crippen molar-refractivity contribution in [2.75, 3.05) is 13.1 Å². The van der Waals surface area contributed by atoms with E-state index in [1.165, 1.54) is 12.8 Å². The van der Waals surface area contributed by atoms with Crippen molar-refractivity contribution in [3.8, 4) is 11.1 Å². The van der Waals surface area contributed by atoms with Crippen molar-refractivity contribution in [2.45, 2.75) is 37.9 Å². The Bertz CT molecular complexity index is 713. The molecule has 2 heterocycles. The van der Waals surface area contributed by atoms with Gasteiger partial charge in [0.05, 0.1) is 6.17 Å². The van der Waals surface area contributed by atoms with E-state index in [2.05, 4.69) is 28.4 Å².